The molecule has 0 aliphatic heterocycles. The van der Waals surface area contributed by atoms with E-state index in [4.69, 9.17) is 11.6 Å². The van der Waals surface area contributed by atoms with Crippen LogP contribution in [0.5, 0.6) is 0 Å². The van der Waals surface area contributed by atoms with Gasteiger partial charge in [0.15, 0.2) is 0 Å². The minimum Gasteiger partial charge on any atom is -0.319 e. The van der Waals surface area contributed by atoms with Crippen molar-refractivity contribution in [3.8, 4) is 0 Å². The van der Waals surface area contributed by atoms with E-state index < -0.39 is 0 Å². The first kappa shape index (κ1) is 13.4. The monoisotopic (exact) mass is 271 g/mol. The molecule has 0 saturated heterocycles. The molecule has 0 spiro atoms. The van der Waals surface area contributed by atoms with E-state index in [0.717, 1.165) is 28.6 Å². The average molecular weight is 272 g/mol. The molecule has 1 heterocycles. The molecule has 17 heavy (non-hydrogen) atoms. The molecule has 1 aromatic rings. The summed E-state index contributed by atoms with van der Waals surface area (Å²) < 4.78 is 0.925. The van der Waals surface area contributed by atoms with E-state index in [1.54, 1.807) is 11.3 Å². The van der Waals surface area contributed by atoms with Crippen LogP contribution < -0.4 is 5.32 Å². The van der Waals surface area contributed by atoms with Gasteiger partial charge in [-0.3, -0.25) is 0 Å². The van der Waals surface area contributed by atoms with Crippen molar-refractivity contribution in [1.82, 2.24) is 5.32 Å². The quantitative estimate of drug-likeness (QED) is 0.865. The lowest BCUT2D eigenvalue weighted by Gasteiger charge is -2.34. The highest BCUT2D eigenvalue weighted by Gasteiger charge is 2.28. The van der Waals surface area contributed by atoms with Gasteiger partial charge in [-0.05, 0) is 62.7 Å². The fraction of sp³-hybridized carbons (Fsp3) is 0.714. The van der Waals surface area contributed by atoms with E-state index in [1.165, 1.54) is 30.6 Å². The van der Waals surface area contributed by atoms with Crippen LogP contribution in [0.4, 0.5) is 0 Å². The molecule has 96 valence electrons. The van der Waals surface area contributed by atoms with Crippen molar-refractivity contribution in [2.45, 2.75) is 32.6 Å². The highest BCUT2D eigenvalue weighted by molar-refractivity contribution is 7.16. The number of rotatable bonds is 4. The third-order valence-corrected chi connectivity index (χ3v) is 5.21. The highest BCUT2D eigenvalue weighted by atomic mass is 35.5. The average Bonchev–Trinajstić information content (AvgIpc) is 2.68. The minimum absolute atomic E-state index is 0.834. The zero-order valence-electron chi connectivity index (χ0n) is 10.7. The first-order chi connectivity index (χ1) is 8.19. The maximum Gasteiger partial charge on any atom is 0.0931 e. The summed E-state index contributed by atoms with van der Waals surface area (Å²) in [6, 6.07) is 4.23. The van der Waals surface area contributed by atoms with E-state index in [9.17, 15) is 0 Å². The number of hydrogen-bond donors (Lipinski definition) is 1. The van der Waals surface area contributed by atoms with Gasteiger partial charge in [-0.1, -0.05) is 24.9 Å². The van der Waals surface area contributed by atoms with Gasteiger partial charge >= 0.3 is 0 Å². The Labute approximate surface area is 114 Å². The van der Waals surface area contributed by atoms with Crippen LogP contribution in [-0.4, -0.2) is 13.6 Å². The van der Waals surface area contributed by atoms with Crippen molar-refractivity contribution < 1.29 is 0 Å². The lowest BCUT2D eigenvalue weighted by molar-refractivity contribution is 0.187. The van der Waals surface area contributed by atoms with E-state index in [0.29, 0.717) is 0 Å². The molecule has 3 atom stereocenters. The van der Waals surface area contributed by atoms with Crippen molar-refractivity contribution in [3.05, 3.63) is 21.3 Å². The van der Waals surface area contributed by atoms with E-state index in [1.807, 2.05) is 6.07 Å². The molecular formula is C14H22ClNS. The Morgan fingerprint density at radius 1 is 1.35 bits per heavy atom. The van der Waals surface area contributed by atoms with Crippen LogP contribution in [-0.2, 0) is 6.42 Å². The zero-order chi connectivity index (χ0) is 12.3. The summed E-state index contributed by atoms with van der Waals surface area (Å²) in [5.41, 5.74) is 0. The standard InChI is InChI=1S/C14H22ClNS/c1-10-3-4-11(9-16-2)12(7-10)8-13-5-6-14(15)17-13/h5-6,10-12,16H,3-4,7-9H2,1-2H3. The Morgan fingerprint density at radius 3 is 2.82 bits per heavy atom. The van der Waals surface area contributed by atoms with Gasteiger partial charge in [0.2, 0.25) is 0 Å². The Hall–Kier alpha value is -0.0500. The Morgan fingerprint density at radius 2 is 2.18 bits per heavy atom. The molecule has 1 fully saturated rings. The largest absolute Gasteiger partial charge is 0.319 e. The van der Waals surface area contributed by atoms with Crippen LogP contribution in [0.1, 0.15) is 31.1 Å². The Kier molecular flexibility index (Phi) is 4.89. The maximum absolute atomic E-state index is 6.01. The van der Waals surface area contributed by atoms with Gasteiger partial charge in [0.25, 0.3) is 0 Å². The van der Waals surface area contributed by atoms with Crippen LogP contribution in [0.2, 0.25) is 4.34 Å². The normalized spacial score (nSPS) is 29.5. The lowest BCUT2D eigenvalue weighted by Crippen LogP contribution is -2.32. The summed E-state index contributed by atoms with van der Waals surface area (Å²) in [4.78, 5) is 1.45. The van der Waals surface area contributed by atoms with Gasteiger partial charge in [0.1, 0.15) is 0 Å². The molecule has 1 nitrogen and oxygen atoms in total. The predicted molar refractivity (Wildman–Crippen MR) is 77.0 cm³/mol. The van der Waals surface area contributed by atoms with Crippen LogP contribution in [0.3, 0.4) is 0 Å². The molecule has 0 amide bonds. The van der Waals surface area contributed by atoms with Gasteiger partial charge in [-0.25, -0.2) is 0 Å². The van der Waals surface area contributed by atoms with Crippen molar-refractivity contribution >= 4 is 22.9 Å². The Bertz CT molecular complexity index is 350. The van der Waals surface area contributed by atoms with Crippen molar-refractivity contribution in [2.75, 3.05) is 13.6 Å². The molecule has 0 radical (unpaired) electrons. The fourth-order valence-corrected chi connectivity index (χ4v) is 4.24. The van der Waals surface area contributed by atoms with E-state index >= 15 is 0 Å². The molecule has 1 N–H and O–H groups in total. The first-order valence-corrected chi connectivity index (χ1v) is 7.77. The van der Waals surface area contributed by atoms with Gasteiger partial charge in [-0.2, -0.15) is 0 Å². The molecule has 2 rings (SSSR count). The molecule has 0 aromatic carbocycles. The summed E-state index contributed by atoms with van der Waals surface area (Å²) in [5, 5.41) is 3.35. The summed E-state index contributed by atoms with van der Waals surface area (Å²) in [7, 11) is 2.07. The van der Waals surface area contributed by atoms with Crippen LogP contribution in [0.15, 0.2) is 12.1 Å². The van der Waals surface area contributed by atoms with Crippen molar-refractivity contribution in [2.24, 2.45) is 17.8 Å². The topological polar surface area (TPSA) is 12.0 Å². The van der Waals surface area contributed by atoms with Gasteiger partial charge in [0.05, 0.1) is 4.34 Å². The molecule has 1 saturated carbocycles. The highest BCUT2D eigenvalue weighted by Crippen LogP contribution is 2.37. The fourth-order valence-electron chi connectivity index (χ4n) is 3.06. The lowest BCUT2D eigenvalue weighted by atomic mass is 9.73. The smallest absolute Gasteiger partial charge is 0.0931 e. The number of nitrogens with one attached hydrogen (secondary N) is 1. The molecule has 0 bridgehead atoms. The predicted octanol–water partition coefficient (Wildman–Crippen LogP) is 4.22. The van der Waals surface area contributed by atoms with Gasteiger partial charge in [0, 0.05) is 4.88 Å². The van der Waals surface area contributed by atoms with Crippen molar-refractivity contribution in [3.63, 3.8) is 0 Å². The third kappa shape index (κ3) is 3.70. The van der Waals surface area contributed by atoms with Crippen LogP contribution in [0, 0.1) is 17.8 Å². The summed E-state index contributed by atoms with van der Waals surface area (Å²) in [6.45, 7) is 3.56. The van der Waals surface area contributed by atoms with Gasteiger partial charge in [-0.15, -0.1) is 11.3 Å². The minimum atomic E-state index is 0.834. The van der Waals surface area contributed by atoms with Crippen LogP contribution >= 0.6 is 22.9 Å². The SMILES string of the molecule is CNCC1CCC(C)CC1Cc1ccc(Cl)s1. The molecule has 3 unspecified atom stereocenters. The summed E-state index contributed by atoms with van der Waals surface area (Å²) in [5.74, 6) is 2.57. The summed E-state index contributed by atoms with van der Waals surface area (Å²) >= 11 is 7.76. The zero-order valence-corrected chi connectivity index (χ0v) is 12.3. The maximum atomic E-state index is 6.01. The third-order valence-electron chi connectivity index (χ3n) is 3.96. The second-order valence-electron chi connectivity index (χ2n) is 5.41. The Balaban J connectivity index is 1.99. The molecule has 3 heteroatoms. The summed E-state index contributed by atoms with van der Waals surface area (Å²) in [6.07, 6.45) is 5.37. The second kappa shape index (κ2) is 6.21. The van der Waals surface area contributed by atoms with Crippen LogP contribution in [0.25, 0.3) is 0 Å². The molecule has 1 aliphatic rings. The first-order valence-electron chi connectivity index (χ1n) is 6.58. The number of thiophene rings is 1. The number of halogens is 1. The number of hydrogen-bond acceptors (Lipinski definition) is 2. The van der Waals surface area contributed by atoms with Crippen molar-refractivity contribution in [1.29, 1.82) is 0 Å². The second-order valence-corrected chi connectivity index (χ2v) is 7.21. The molecular weight excluding hydrogens is 250 g/mol. The van der Waals surface area contributed by atoms with E-state index in [2.05, 4.69) is 25.4 Å². The van der Waals surface area contributed by atoms with E-state index in [-0.39, 0.29) is 0 Å². The van der Waals surface area contributed by atoms with Gasteiger partial charge < -0.3 is 5.32 Å². The molecule has 1 aliphatic carbocycles. The molecule has 1 aromatic heterocycles.